The monoisotopic (exact) mass is 251 g/mol. The smallest absolute Gasteiger partial charge is 0.410 e. The van der Waals surface area contributed by atoms with E-state index in [1.165, 1.54) is 0 Å². The Labute approximate surface area is 108 Å². The topological polar surface area (TPSA) is 58.2 Å². The number of ether oxygens (including phenoxy) is 1. The number of carbonyl (C=O) groups is 1. The normalized spacial score (nSPS) is 20.8. The molecule has 1 saturated heterocycles. The third-order valence-corrected chi connectivity index (χ3v) is 3.01. The molecular formula is C13H21N3O2. The molecule has 0 aromatic carbocycles. The Balaban J connectivity index is 2.11. The first-order chi connectivity index (χ1) is 8.47. The van der Waals surface area contributed by atoms with Crippen molar-refractivity contribution in [3.05, 3.63) is 18.2 Å². The Hall–Kier alpha value is -1.52. The summed E-state index contributed by atoms with van der Waals surface area (Å²) in [5, 5.41) is 0. The average molecular weight is 251 g/mol. The standard InChI is InChI=1S/C13H21N3O2/c1-13(2,3)18-12(17)16-7-5-4-6-11(16)10-8-14-9-15-10/h8-9,11H,4-7H2,1-3H3,(H,14,15). The summed E-state index contributed by atoms with van der Waals surface area (Å²) in [6.45, 7) is 6.42. The van der Waals surface area contributed by atoms with Crippen LogP contribution in [0.25, 0.3) is 0 Å². The minimum atomic E-state index is -0.451. The van der Waals surface area contributed by atoms with Gasteiger partial charge in [-0.3, -0.25) is 4.90 Å². The van der Waals surface area contributed by atoms with Crippen molar-refractivity contribution >= 4 is 6.09 Å². The van der Waals surface area contributed by atoms with Crippen LogP contribution in [-0.2, 0) is 4.74 Å². The molecule has 2 rings (SSSR count). The number of imidazole rings is 1. The third-order valence-electron chi connectivity index (χ3n) is 3.01. The number of aromatic amines is 1. The Bertz CT molecular complexity index is 395. The number of hydrogen-bond acceptors (Lipinski definition) is 3. The number of amides is 1. The van der Waals surface area contributed by atoms with E-state index < -0.39 is 5.60 Å². The maximum atomic E-state index is 12.2. The van der Waals surface area contributed by atoms with Gasteiger partial charge in [-0.1, -0.05) is 0 Å². The molecule has 1 N–H and O–H groups in total. The van der Waals surface area contributed by atoms with Crippen molar-refractivity contribution < 1.29 is 9.53 Å². The van der Waals surface area contributed by atoms with Gasteiger partial charge in [0.2, 0.25) is 0 Å². The molecule has 1 unspecified atom stereocenters. The maximum absolute atomic E-state index is 12.2. The van der Waals surface area contributed by atoms with E-state index in [-0.39, 0.29) is 12.1 Å². The fourth-order valence-electron chi connectivity index (χ4n) is 2.24. The third kappa shape index (κ3) is 3.03. The molecule has 1 aromatic rings. The maximum Gasteiger partial charge on any atom is 0.410 e. The number of rotatable bonds is 1. The Morgan fingerprint density at radius 1 is 1.50 bits per heavy atom. The second-order valence-electron chi connectivity index (χ2n) is 5.69. The van der Waals surface area contributed by atoms with Crippen molar-refractivity contribution in [1.29, 1.82) is 0 Å². The molecule has 2 heterocycles. The van der Waals surface area contributed by atoms with E-state index in [0.29, 0.717) is 0 Å². The number of likely N-dealkylation sites (tertiary alicyclic amines) is 1. The van der Waals surface area contributed by atoms with Gasteiger partial charge in [-0.25, -0.2) is 9.78 Å². The van der Waals surface area contributed by atoms with Crippen LogP contribution in [0.2, 0.25) is 0 Å². The number of nitrogens with zero attached hydrogens (tertiary/aromatic N) is 2. The summed E-state index contributed by atoms with van der Waals surface area (Å²) >= 11 is 0. The van der Waals surface area contributed by atoms with Crippen LogP contribution in [0.5, 0.6) is 0 Å². The summed E-state index contributed by atoms with van der Waals surface area (Å²) in [6, 6.07) is 0.0658. The molecule has 0 spiro atoms. The van der Waals surface area contributed by atoms with Gasteiger partial charge < -0.3 is 9.72 Å². The van der Waals surface area contributed by atoms with Crippen LogP contribution in [0.15, 0.2) is 12.5 Å². The first-order valence-electron chi connectivity index (χ1n) is 6.45. The number of piperidine rings is 1. The number of nitrogens with one attached hydrogen (secondary N) is 1. The molecule has 5 nitrogen and oxygen atoms in total. The van der Waals surface area contributed by atoms with Gasteiger partial charge in [0.25, 0.3) is 0 Å². The van der Waals surface area contributed by atoms with Crippen molar-refractivity contribution in [2.75, 3.05) is 6.54 Å². The highest BCUT2D eigenvalue weighted by Crippen LogP contribution is 2.30. The molecule has 0 saturated carbocycles. The van der Waals surface area contributed by atoms with Crippen molar-refractivity contribution in [3.8, 4) is 0 Å². The van der Waals surface area contributed by atoms with E-state index in [2.05, 4.69) is 9.97 Å². The lowest BCUT2D eigenvalue weighted by Gasteiger charge is -2.36. The highest BCUT2D eigenvalue weighted by Gasteiger charge is 2.31. The van der Waals surface area contributed by atoms with Gasteiger partial charge in [0.15, 0.2) is 0 Å². The first-order valence-corrected chi connectivity index (χ1v) is 6.45. The summed E-state index contributed by atoms with van der Waals surface area (Å²) in [5.41, 5.74) is 0.535. The Morgan fingerprint density at radius 2 is 2.28 bits per heavy atom. The highest BCUT2D eigenvalue weighted by atomic mass is 16.6. The van der Waals surface area contributed by atoms with Crippen molar-refractivity contribution in [1.82, 2.24) is 14.9 Å². The number of hydrogen-bond donors (Lipinski definition) is 1. The summed E-state index contributed by atoms with van der Waals surface area (Å²) < 4.78 is 5.46. The minimum Gasteiger partial charge on any atom is -0.444 e. The van der Waals surface area contributed by atoms with Crippen LogP contribution in [-0.4, -0.2) is 33.1 Å². The van der Waals surface area contributed by atoms with Gasteiger partial charge in [0, 0.05) is 6.54 Å². The molecule has 0 radical (unpaired) electrons. The van der Waals surface area contributed by atoms with Crippen LogP contribution in [0.3, 0.4) is 0 Å². The van der Waals surface area contributed by atoms with Gasteiger partial charge in [-0.15, -0.1) is 0 Å². The molecule has 1 aliphatic rings. The van der Waals surface area contributed by atoms with Gasteiger partial charge >= 0.3 is 6.09 Å². The number of aromatic nitrogens is 2. The molecule has 18 heavy (non-hydrogen) atoms. The fraction of sp³-hybridized carbons (Fsp3) is 0.692. The van der Waals surface area contributed by atoms with E-state index in [0.717, 1.165) is 31.5 Å². The summed E-state index contributed by atoms with van der Waals surface area (Å²) in [6.07, 6.45) is 6.32. The van der Waals surface area contributed by atoms with E-state index in [9.17, 15) is 4.79 Å². The second kappa shape index (κ2) is 5.00. The first kappa shape index (κ1) is 12.9. The molecule has 1 aromatic heterocycles. The van der Waals surface area contributed by atoms with Crippen molar-refractivity contribution in [2.24, 2.45) is 0 Å². The number of H-pyrrole nitrogens is 1. The zero-order valence-corrected chi connectivity index (χ0v) is 11.3. The van der Waals surface area contributed by atoms with Crippen LogP contribution < -0.4 is 0 Å². The summed E-state index contributed by atoms with van der Waals surface area (Å²) in [5.74, 6) is 0. The van der Waals surface area contributed by atoms with Gasteiger partial charge in [0.05, 0.1) is 24.3 Å². The van der Waals surface area contributed by atoms with Crippen LogP contribution in [0, 0.1) is 0 Å². The minimum absolute atomic E-state index is 0.0658. The summed E-state index contributed by atoms with van der Waals surface area (Å²) in [4.78, 5) is 21.1. The van der Waals surface area contributed by atoms with E-state index in [1.807, 2.05) is 25.7 Å². The molecule has 1 amide bonds. The molecule has 1 aliphatic heterocycles. The lowest BCUT2D eigenvalue weighted by molar-refractivity contribution is 0.00905. The molecule has 0 bridgehead atoms. The zero-order valence-electron chi connectivity index (χ0n) is 11.3. The van der Waals surface area contributed by atoms with Gasteiger partial charge in [-0.05, 0) is 40.0 Å². The quantitative estimate of drug-likeness (QED) is 0.835. The zero-order chi connectivity index (χ0) is 13.2. The Morgan fingerprint density at radius 3 is 2.89 bits per heavy atom. The van der Waals surface area contributed by atoms with Crippen LogP contribution in [0.4, 0.5) is 4.79 Å². The van der Waals surface area contributed by atoms with Crippen molar-refractivity contribution in [3.63, 3.8) is 0 Å². The largest absolute Gasteiger partial charge is 0.444 e. The Kier molecular flexibility index (Phi) is 3.59. The molecular weight excluding hydrogens is 230 g/mol. The molecule has 1 fully saturated rings. The average Bonchev–Trinajstić information content (AvgIpc) is 2.80. The van der Waals surface area contributed by atoms with Crippen LogP contribution >= 0.6 is 0 Å². The highest BCUT2D eigenvalue weighted by molar-refractivity contribution is 5.68. The van der Waals surface area contributed by atoms with E-state index in [1.54, 1.807) is 12.5 Å². The molecule has 0 aliphatic carbocycles. The predicted octanol–water partition coefficient (Wildman–Crippen LogP) is 2.87. The second-order valence-corrected chi connectivity index (χ2v) is 5.69. The lowest BCUT2D eigenvalue weighted by Crippen LogP contribution is -2.42. The van der Waals surface area contributed by atoms with E-state index in [4.69, 9.17) is 4.74 Å². The van der Waals surface area contributed by atoms with Gasteiger partial charge in [0.1, 0.15) is 5.60 Å². The van der Waals surface area contributed by atoms with E-state index >= 15 is 0 Å². The fourth-order valence-corrected chi connectivity index (χ4v) is 2.24. The number of carbonyl (C=O) groups excluding carboxylic acids is 1. The molecule has 1 atom stereocenters. The van der Waals surface area contributed by atoms with Gasteiger partial charge in [-0.2, -0.15) is 0 Å². The molecule has 100 valence electrons. The van der Waals surface area contributed by atoms with Crippen molar-refractivity contribution in [2.45, 2.75) is 51.7 Å². The molecule has 5 heteroatoms. The van der Waals surface area contributed by atoms with Crippen LogP contribution in [0.1, 0.15) is 51.8 Å². The predicted molar refractivity (Wildman–Crippen MR) is 68.1 cm³/mol. The SMILES string of the molecule is CC(C)(C)OC(=O)N1CCCCC1c1cnc[nH]1. The lowest BCUT2D eigenvalue weighted by atomic mass is 10.0. The summed E-state index contributed by atoms with van der Waals surface area (Å²) in [7, 11) is 0.